The number of anilines is 1. The Morgan fingerprint density at radius 3 is 2.33 bits per heavy atom. The lowest BCUT2D eigenvalue weighted by molar-refractivity contribution is -0.141. The molecular weight excluding hydrogens is 600 g/mol. The number of ether oxygens (including phenoxy) is 1. The number of halogens is 2. The minimum atomic E-state index is -3.91. The average Bonchev–Trinajstić information content (AvgIpc) is 3.22. The average molecular weight is 638 g/mol. The molecule has 0 radical (unpaired) electrons. The highest BCUT2D eigenvalue weighted by molar-refractivity contribution is 5.96. The van der Waals surface area contributed by atoms with Gasteiger partial charge in [-0.2, -0.15) is 13.8 Å². The quantitative estimate of drug-likeness (QED) is 0.126. The maximum Gasteiger partial charge on any atom is 0.351 e. The second kappa shape index (κ2) is 15.6. The van der Waals surface area contributed by atoms with Crippen LogP contribution in [0.3, 0.4) is 0 Å². The van der Waals surface area contributed by atoms with Crippen molar-refractivity contribution < 1.29 is 42.9 Å². The highest BCUT2D eigenvalue weighted by Crippen LogP contribution is 2.41. The molecule has 1 aliphatic rings. The summed E-state index contributed by atoms with van der Waals surface area (Å²) in [4.78, 5) is 66.6. The van der Waals surface area contributed by atoms with Crippen molar-refractivity contribution in [3.05, 3.63) is 58.6 Å². The molecule has 0 aliphatic carbocycles. The number of aromatic nitrogens is 2. The van der Waals surface area contributed by atoms with Crippen LogP contribution in [-0.4, -0.2) is 93.3 Å². The molecule has 15 nitrogen and oxygen atoms in total. The third kappa shape index (κ3) is 9.34. The summed E-state index contributed by atoms with van der Waals surface area (Å²) in [6.07, 6.45) is -5.01. The number of nitrogens with two attached hydrogens (primary N) is 1. The van der Waals surface area contributed by atoms with Gasteiger partial charge in [0.15, 0.2) is 6.10 Å². The zero-order chi connectivity index (χ0) is 33.3. The van der Waals surface area contributed by atoms with Gasteiger partial charge in [-0.15, -0.1) is 0 Å². The number of rotatable bonds is 14. The Hall–Kier alpha value is -4.32. The molecule has 4 amide bonds. The van der Waals surface area contributed by atoms with Gasteiger partial charge < -0.3 is 42.0 Å². The van der Waals surface area contributed by atoms with E-state index in [-0.39, 0.29) is 31.1 Å². The molecule has 0 saturated carbocycles. The highest BCUT2D eigenvalue weighted by atomic mass is 19.3. The molecule has 5 atom stereocenters. The van der Waals surface area contributed by atoms with Crippen LogP contribution in [0.1, 0.15) is 32.1 Å². The Morgan fingerprint density at radius 2 is 1.76 bits per heavy atom. The number of amides is 4. The van der Waals surface area contributed by atoms with Crippen LogP contribution in [0.15, 0.2) is 47.4 Å². The molecule has 1 saturated heterocycles. The van der Waals surface area contributed by atoms with E-state index >= 15 is 0 Å². The van der Waals surface area contributed by atoms with Gasteiger partial charge >= 0.3 is 11.6 Å². The van der Waals surface area contributed by atoms with Crippen molar-refractivity contribution in [3.8, 4) is 0 Å². The van der Waals surface area contributed by atoms with Crippen molar-refractivity contribution in [1.82, 2.24) is 25.5 Å². The Bertz CT molecular complexity index is 1410. The molecule has 8 N–H and O–H groups in total. The SMILES string of the molecule is CC(C)CC(NC(=O)C(Cc1ccccc1)NC(=O)CN)C(=O)NCC(=O)Nc1ccn([C@@H]2O[C@H](CO)C(O)C2(F)F)c(=O)n1. The number of carbonyl (C=O) groups is 4. The molecule has 246 valence electrons. The minimum absolute atomic E-state index is 0.0539. The first-order valence-corrected chi connectivity index (χ1v) is 14.1. The largest absolute Gasteiger partial charge is 0.394 e. The number of nitrogens with one attached hydrogen (secondary N) is 4. The number of carbonyl (C=O) groups excluding carboxylic acids is 4. The zero-order valence-corrected chi connectivity index (χ0v) is 24.6. The van der Waals surface area contributed by atoms with Gasteiger partial charge in [-0.3, -0.25) is 23.7 Å². The maximum absolute atomic E-state index is 14.4. The fourth-order valence-electron chi connectivity index (χ4n) is 4.54. The van der Waals surface area contributed by atoms with Crippen molar-refractivity contribution in [2.75, 3.05) is 25.0 Å². The van der Waals surface area contributed by atoms with Crippen molar-refractivity contribution in [2.24, 2.45) is 11.7 Å². The fourth-order valence-corrected chi connectivity index (χ4v) is 4.54. The van der Waals surface area contributed by atoms with Crippen molar-refractivity contribution in [3.63, 3.8) is 0 Å². The van der Waals surface area contributed by atoms with Crippen LogP contribution in [0.2, 0.25) is 0 Å². The van der Waals surface area contributed by atoms with Crippen LogP contribution in [0.25, 0.3) is 0 Å². The number of benzene rings is 1. The third-order valence-electron chi connectivity index (χ3n) is 6.79. The molecule has 45 heavy (non-hydrogen) atoms. The minimum Gasteiger partial charge on any atom is -0.394 e. The number of nitrogens with zero attached hydrogens (tertiary/aromatic N) is 2. The summed E-state index contributed by atoms with van der Waals surface area (Å²) < 4.78 is 34.1. The van der Waals surface area contributed by atoms with Crippen LogP contribution in [0.5, 0.6) is 0 Å². The smallest absolute Gasteiger partial charge is 0.351 e. The van der Waals surface area contributed by atoms with Gasteiger partial charge in [-0.05, 0) is 24.0 Å². The summed E-state index contributed by atoms with van der Waals surface area (Å²) >= 11 is 0. The van der Waals surface area contributed by atoms with E-state index in [0.717, 1.165) is 17.8 Å². The van der Waals surface area contributed by atoms with E-state index in [1.807, 2.05) is 13.8 Å². The Kier molecular flexibility index (Phi) is 12.2. The molecule has 1 aromatic carbocycles. The Morgan fingerprint density at radius 1 is 1.07 bits per heavy atom. The molecular formula is C28H37F2N7O8. The molecule has 0 bridgehead atoms. The van der Waals surface area contributed by atoms with Crippen molar-refractivity contribution in [2.45, 2.75) is 63.1 Å². The van der Waals surface area contributed by atoms with Crippen LogP contribution in [-0.2, 0) is 30.3 Å². The lowest BCUT2D eigenvalue weighted by Crippen LogP contribution is -2.55. The van der Waals surface area contributed by atoms with Crippen LogP contribution >= 0.6 is 0 Å². The van der Waals surface area contributed by atoms with E-state index in [0.29, 0.717) is 4.57 Å². The van der Waals surface area contributed by atoms with Gasteiger partial charge in [0.05, 0.1) is 19.7 Å². The Labute approximate surface area is 256 Å². The van der Waals surface area contributed by atoms with E-state index in [1.165, 1.54) is 0 Å². The molecule has 3 rings (SSSR count). The molecule has 3 unspecified atom stereocenters. The van der Waals surface area contributed by atoms with Crippen LogP contribution < -0.4 is 32.7 Å². The summed E-state index contributed by atoms with van der Waals surface area (Å²) in [6, 6.07) is 7.82. The van der Waals surface area contributed by atoms with E-state index in [2.05, 4.69) is 26.3 Å². The summed E-state index contributed by atoms with van der Waals surface area (Å²) in [6.45, 7) is 1.79. The standard InChI is InChI=1S/C28H37F2N7O8/c1-15(2)10-17(34-25(43)18(33-21(39)12-31)11-16-6-4-3-5-7-16)24(42)32-13-22(40)35-20-8-9-37(27(44)36-20)26-28(29,30)23(41)19(14-38)45-26/h3-9,15,17-19,23,26,38,41H,10-14,31H2,1-2H3,(H,32,42)(H,33,39)(H,34,43)(H,35,36,40,44)/t17?,18?,19-,23?,26-/m1/s1. The summed E-state index contributed by atoms with van der Waals surface area (Å²) in [5.41, 5.74) is 4.92. The Balaban J connectivity index is 1.63. The van der Waals surface area contributed by atoms with Crippen molar-refractivity contribution in [1.29, 1.82) is 0 Å². The fraction of sp³-hybridized carbons (Fsp3) is 0.500. The predicted molar refractivity (Wildman–Crippen MR) is 155 cm³/mol. The topological polar surface area (TPSA) is 227 Å². The molecule has 1 aromatic heterocycles. The normalized spacial score (nSPS) is 20.2. The summed E-state index contributed by atoms with van der Waals surface area (Å²) in [7, 11) is 0. The van der Waals surface area contributed by atoms with Crippen molar-refractivity contribution >= 4 is 29.4 Å². The second-order valence-corrected chi connectivity index (χ2v) is 10.8. The van der Waals surface area contributed by atoms with E-state index in [1.54, 1.807) is 30.3 Å². The highest BCUT2D eigenvalue weighted by Gasteiger charge is 2.59. The molecule has 1 aliphatic heterocycles. The number of hydrogen-bond donors (Lipinski definition) is 7. The number of aliphatic hydroxyl groups excluding tert-OH is 2. The lowest BCUT2D eigenvalue weighted by atomic mass is 10.0. The number of aliphatic hydroxyl groups is 2. The molecule has 0 spiro atoms. The first-order valence-electron chi connectivity index (χ1n) is 14.1. The van der Waals surface area contributed by atoms with E-state index < -0.39 is 78.9 Å². The van der Waals surface area contributed by atoms with Gasteiger partial charge in [0.2, 0.25) is 29.9 Å². The maximum atomic E-state index is 14.4. The predicted octanol–water partition coefficient (Wildman–Crippen LogP) is -1.60. The van der Waals surface area contributed by atoms with Gasteiger partial charge in [0.1, 0.15) is 24.0 Å². The van der Waals surface area contributed by atoms with E-state index in [4.69, 9.17) is 15.6 Å². The molecule has 2 heterocycles. The summed E-state index contributed by atoms with van der Waals surface area (Å²) in [5.74, 6) is -7.00. The molecule has 2 aromatic rings. The molecule has 1 fully saturated rings. The molecule has 17 heteroatoms. The zero-order valence-electron chi connectivity index (χ0n) is 24.6. The second-order valence-electron chi connectivity index (χ2n) is 10.8. The van der Waals surface area contributed by atoms with Crippen LogP contribution in [0, 0.1) is 5.92 Å². The number of alkyl halides is 2. The first kappa shape index (κ1) is 35.2. The van der Waals surface area contributed by atoms with Gasteiger partial charge in [0, 0.05) is 12.6 Å². The number of hydrogen-bond acceptors (Lipinski definition) is 10. The monoisotopic (exact) mass is 637 g/mol. The third-order valence-corrected chi connectivity index (χ3v) is 6.79. The lowest BCUT2D eigenvalue weighted by Gasteiger charge is -2.24. The first-order chi connectivity index (χ1) is 21.3. The van der Waals surface area contributed by atoms with Crippen LogP contribution in [0.4, 0.5) is 14.6 Å². The van der Waals surface area contributed by atoms with Gasteiger partial charge in [-0.25, -0.2) is 4.79 Å². The van der Waals surface area contributed by atoms with Gasteiger partial charge in [0.25, 0.3) is 0 Å². The van der Waals surface area contributed by atoms with Gasteiger partial charge in [-0.1, -0.05) is 44.2 Å². The van der Waals surface area contributed by atoms with E-state index in [9.17, 15) is 37.9 Å². The summed E-state index contributed by atoms with van der Waals surface area (Å²) in [5, 5.41) is 28.6.